The first-order chi connectivity index (χ1) is 11.2. The third-order valence-corrected chi connectivity index (χ3v) is 3.89. The van der Waals surface area contributed by atoms with Crippen LogP contribution in [0.3, 0.4) is 0 Å². The maximum Gasteiger partial charge on any atom is 0.406 e. The molecule has 0 spiro atoms. The Balaban J connectivity index is 2.32. The maximum absolute atomic E-state index is 12.9. The Morgan fingerprint density at radius 1 is 1.38 bits per heavy atom. The fourth-order valence-corrected chi connectivity index (χ4v) is 2.66. The smallest absolute Gasteiger partial charge is 0.381 e. The van der Waals surface area contributed by atoms with Gasteiger partial charge in [0.1, 0.15) is 6.54 Å². The molecule has 1 aliphatic rings. The van der Waals surface area contributed by atoms with Gasteiger partial charge in [-0.3, -0.25) is 14.9 Å². The van der Waals surface area contributed by atoms with E-state index < -0.39 is 29.6 Å². The highest BCUT2D eigenvalue weighted by molar-refractivity contribution is 5.95. The summed E-state index contributed by atoms with van der Waals surface area (Å²) in [5, 5.41) is 11.0. The lowest BCUT2D eigenvalue weighted by molar-refractivity contribution is -0.385. The zero-order chi connectivity index (χ0) is 17.9. The molecule has 0 aliphatic carbocycles. The Morgan fingerprint density at radius 2 is 2.00 bits per heavy atom. The molecular formula is C15H17F3N2O4. The van der Waals surface area contributed by atoms with Gasteiger partial charge >= 0.3 is 6.18 Å². The highest BCUT2D eigenvalue weighted by Crippen LogP contribution is 2.26. The number of aryl methyl sites for hydroxylation is 1. The minimum Gasteiger partial charge on any atom is -0.381 e. The number of nitro groups is 1. The second-order valence-electron chi connectivity index (χ2n) is 5.65. The monoisotopic (exact) mass is 346 g/mol. The van der Waals surface area contributed by atoms with Crippen molar-refractivity contribution in [3.8, 4) is 0 Å². The molecule has 9 heteroatoms. The first-order valence-corrected chi connectivity index (χ1v) is 7.39. The van der Waals surface area contributed by atoms with Crippen LogP contribution in [0.1, 0.15) is 28.8 Å². The van der Waals surface area contributed by atoms with Crippen molar-refractivity contribution in [2.24, 2.45) is 0 Å². The van der Waals surface area contributed by atoms with Crippen LogP contribution in [0.4, 0.5) is 18.9 Å². The van der Waals surface area contributed by atoms with E-state index in [1.54, 1.807) is 0 Å². The number of nitrogens with zero attached hydrogens (tertiary/aromatic N) is 2. The van der Waals surface area contributed by atoms with Gasteiger partial charge in [0.25, 0.3) is 11.6 Å². The Hall–Kier alpha value is -2.16. The number of carbonyl (C=O) groups excluding carboxylic acids is 1. The molecule has 0 N–H and O–H groups in total. The second-order valence-corrected chi connectivity index (χ2v) is 5.65. The van der Waals surface area contributed by atoms with Crippen molar-refractivity contribution in [2.75, 3.05) is 19.8 Å². The Bertz CT molecular complexity index is 628. The lowest BCUT2D eigenvalue weighted by atomic mass is 10.0. The summed E-state index contributed by atoms with van der Waals surface area (Å²) < 4.78 is 43.7. The van der Waals surface area contributed by atoms with Gasteiger partial charge in [0.05, 0.1) is 4.92 Å². The summed E-state index contributed by atoms with van der Waals surface area (Å²) in [4.78, 5) is 23.6. The molecule has 0 radical (unpaired) electrons. The maximum atomic E-state index is 12.9. The second kappa shape index (κ2) is 7.16. The SMILES string of the molecule is Cc1ccc(C(=O)N(CC(F)(F)F)C2CCOCC2)cc1[N+](=O)[O-]. The molecule has 1 amide bonds. The van der Waals surface area contributed by atoms with Gasteiger partial charge in [0.15, 0.2) is 0 Å². The summed E-state index contributed by atoms with van der Waals surface area (Å²) in [7, 11) is 0. The number of hydrogen-bond acceptors (Lipinski definition) is 4. The quantitative estimate of drug-likeness (QED) is 0.620. The van der Waals surface area contributed by atoms with Crippen molar-refractivity contribution >= 4 is 11.6 Å². The van der Waals surface area contributed by atoms with Gasteiger partial charge in [-0.05, 0) is 25.8 Å². The van der Waals surface area contributed by atoms with Crippen LogP contribution in [0, 0.1) is 17.0 Å². The van der Waals surface area contributed by atoms with Crippen molar-refractivity contribution in [2.45, 2.75) is 32.0 Å². The molecule has 1 aromatic carbocycles. The van der Waals surface area contributed by atoms with Crippen molar-refractivity contribution in [3.05, 3.63) is 39.4 Å². The molecule has 2 rings (SSSR count). The third kappa shape index (κ3) is 4.44. The number of benzene rings is 1. The number of halogens is 3. The van der Waals surface area contributed by atoms with E-state index in [0.29, 0.717) is 18.4 Å². The fraction of sp³-hybridized carbons (Fsp3) is 0.533. The van der Waals surface area contributed by atoms with Gasteiger partial charge in [-0.15, -0.1) is 0 Å². The van der Waals surface area contributed by atoms with E-state index in [1.807, 2.05) is 0 Å². The average molecular weight is 346 g/mol. The molecule has 1 saturated heterocycles. The molecule has 0 aromatic heterocycles. The number of ether oxygens (including phenoxy) is 1. The third-order valence-electron chi connectivity index (χ3n) is 3.89. The van der Waals surface area contributed by atoms with Gasteiger partial charge in [-0.1, -0.05) is 6.07 Å². The Labute approximate surface area is 136 Å². The van der Waals surface area contributed by atoms with Gasteiger partial charge in [-0.25, -0.2) is 0 Å². The average Bonchev–Trinajstić information content (AvgIpc) is 2.52. The van der Waals surface area contributed by atoms with E-state index in [2.05, 4.69) is 0 Å². The van der Waals surface area contributed by atoms with Crippen LogP contribution in [0.25, 0.3) is 0 Å². The van der Waals surface area contributed by atoms with E-state index in [1.165, 1.54) is 19.1 Å². The van der Waals surface area contributed by atoms with E-state index in [-0.39, 0.29) is 24.5 Å². The molecule has 1 heterocycles. The molecule has 0 bridgehead atoms. The van der Waals surface area contributed by atoms with Crippen LogP contribution in [-0.2, 0) is 4.74 Å². The summed E-state index contributed by atoms with van der Waals surface area (Å²) in [5.74, 6) is -0.859. The highest BCUT2D eigenvalue weighted by Gasteiger charge is 2.37. The van der Waals surface area contributed by atoms with E-state index in [0.717, 1.165) is 11.0 Å². The number of rotatable bonds is 4. The zero-order valence-electron chi connectivity index (χ0n) is 13.0. The van der Waals surface area contributed by atoms with E-state index in [9.17, 15) is 28.1 Å². The molecule has 132 valence electrons. The molecule has 0 saturated carbocycles. The lowest BCUT2D eigenvalue weighted by Gasteiger charge is -2.34. The number of nitro benzene ring substituents is 1. The van der Waals surface area contributed by atoms with Crippen molar-refractivity contribution < 1.29 is 27.6 Å². The molecule has 1 fully saturated rings. The van der Waals surface area contributed by atoms with E-state index in [4.69, 9.17) is 4.74 Å². The summed E-state index contributed by atoms with van der Waals surface area (Å²) in [6.07, 6.45) is -3.95. The standard InChI is InChI=1S/C15H17F3N2O4/c1-10-2-3-11(8-13(10)20(22)23)14(21)19(9-15(16,17)18)12-4-6-24-7-5-12/h2-3,8,12H,4-7,9H2,1H3. The van der Waals surface area contributed by atoms with Crippen LogP contribution in [0.2, 0.25) is 0 Å². The molecule has 0 atom stereocenters. The van der Waals surface area contributed by atoms with Gasteiger partial charge in [0, 0.05) is 36.4 Å². The first-order valence-electron chi connectivity index (χ1n) is 7.39. The van der Waals surface area contributed by atoms with Gasteiger partial charge in [0.2, 0.25) is 0 Å². The molecule has 1 aliphatic heterocycles. The molecule has 24 heavy (non-hydrogen) atoms. The Kier molecular flexibility index (Phi) is 5.43. The normalized spacial score (nSPS) is 16.0. The highest BCUT2D eigenvalue weighted by atomic mass is 19.4. The van der Waals surface area contributed by atoms with E-state index >= 15 is 0 Å². The number of hydrogen-bond donors (Lipinski definition) is 0. The minimum absolute atomic E-state index is 0.122. The summed E-state index contributed by atoms with van der Waals surface area (Å²) >= 11 is 0. The van der Waals surface area contributed by atoms with Crippen LogP contribution in [0.15, 0.2) is 18.2 Å². The molecular weight excluding hydrogens is 329 g/mol. The van der Waals surface area contributed by atoms with Crippen LogP contribution >= 0.6 is 0 Å². The summed E-state index contributed by atoms with van der Waals surface area (Å²) in [6.45, 7) is 0.664. The molecule has 0 unspecified atom stereocenters. The van der Waals surface area contributed by atoms with Crippen LogP contribution < -0.4 is 0 Å². The predicted octanol–water partition coefficient (Wildman–Crippen LogP) is 3.09. The van der Waals surface area contributed by atoms with Crippen molar-refractivity contribution in [3.63, 3.8) is 0 Å². The number of alkyl halides is 3. The Morgan fingerprint density at radius 3 is 2.54 bits per heavy atom. The van der Waals surface area contributed by atoms with Crippen LogP contribution in [0.5, 0.6) is 0 Å². The summed E-state index contributed by atoms with van der Waals surface area (Å²) in [6, 6.07) is 3.10. The number of carbonyl (C=O) groups is 1. The first kappa shape index (κ1) is 18.2. The van der Waals surface area contributed by atoms with Crippen molar-refractivity contribution in [1.82, 2.24) is 4.90 Å². The largest absolute Gasteiger partial charge is 0.406 e. The number of amides is 1. The molecule has 1 aromatic rings. The van der Waals surface area contributed by atoms with Gasteiger partial charge < -0.3 is 9.64 Å². The van der Waals surface area contributed by atoms with Crippen LogP contribution in [-0.4, -0.2) is 47.7 Å². The predicted molar refractivity (Wildman–Crippen MR) is 78.8 cm³/mol. The topological polar surface area (TPSA) is 72.7 Å². The zero-order valence-corrected chi connectivity index (χ0v) is 13.0. The van der Waals surface area contributed by atoms with Gasteiger partial charge in [-0.2, -0.15) is 13.2 Å². The molecule has 6 nitrogen and oxygen atoms in total. The van der Waals surface area contributed by atoms with Crippen molar-refractivity contribution in [1.29, 1.82) is 0 Å². The fourth-order valence-electron chi connectivity index (χ4n) is 2.66. The minimum atomic E-state index is -4.55. The summed E-state index contributed by atoms with van der Waals surface area (Å²) in [5.41, 5.74) is -0.0761. The lowest BCUT2D eigenvalue weighted by Crippen LogP contribution is -2.47.